The molecule has 0 bridgehead atoms. The number of hydrogen-bond donors (Lipinski definition) is 1. The van der Waals surface area contributed by atoms with Crippen LogP contribution in [0.2, 0.25) is 0 Å². The lowest BCUT2D eigenvalue weighted by atomic mass is 10.00. The van der Waals surface area contributed by atoms with Gasteiger partial charge in [-0.15, -0.1) is 0 Å². The second kappa shape index (κ2) is 6.10. The van der Waals surface area contributed by atoms with E-state index in [2.05, 4.69) is 20.8 Å². The molecule has 2 saturated heterocycles. The normalized spacial score (nSPS) is 28.4. The summed E-state index contributed by atoms with van der Waals surface area (Å²) in [5.41, 5.74) is 7.19. The molecule has 20 heavy (non-hydrogen) atoms. The maximum absolute atomic E-state index is 13.3. The van der Waals surface area contributed by atoms with Crippen molar-refractivity contribution >= 4 is 15.9 Å². The van der Waals surface area contributed by atoms with Crippen molar-refractivity contribution in [2.24, 2.45) is 5.73 Å². The van der Waals surface area contributed by atoms with Crippen molar-refractivity contribution in [3.63, 3.8) is 0 Å². The maximum atomic E-state index is 13.3. The van der Waals surface area contributed by atoms with Gasteiger partial charge in [0.1, 0.15) is 5.82 Å². The number of rotatable bonds is 3. The van der Waals surface area contributed by atoms with E-state index in [4.69, 9.17) is 10.5 Å². The van der Waals surface area contributed by atoms with Crippen molar-refractivity contribution in [1.29, 1.82) is 0 Å². The van der Waals surface area contributed by atoms with Crippen LogP contribution in [-0.2, 0) is 11.2 Å². The van der Waals surface area contributed by atoms with Crippen LogP contribution in [0.25, 0.3) is 0 Å². The van der Waals surface area contributed by atoms with Gasteiger partial charge >= 0.3 is 0 Å². The minimum atomic E-state index is -0.223. The first kappa shape index (κ1) is 14.4. The molecule has 110 valence electrons. The molecule has 1 aromatic carbocycles. The van der Waals surface area contributed by atoms with E-state index in [1.807, 2.05) is 0 Å². The Bertz CT molecular complexity index is 485. The Labute approximate surface area is 127 Å². The Morgan fingerprint density at radius 1 is 1.50 bits per heavy atom. The first-order chi connectivity index (χ1) is 9.63. The Morgan fingerprint density at radius 3 is 3.20 bits per heavy atom. The van der Waals surface area contributed by atoms with Crippen LogP contribution in [-0.4, -0.2) is 42.8 Å². The molecule has 3 nitrogen and oxygen atoms in total. The number of benzene rings is 1. The van der Waals surface area contributed by atoms with Crippen molar-refractivity contribution in [1.82, 2.24) is 4.90 Å². The fraction of sp³-hybridized carbons (Fsp3) is 0.600. The van der Waals surface area contributed by atoms with Crippen molar-refractivity contribution < 1.29 is 9.13 Å². The predicted octanol–water partition coefficient (Wildman–Crippen LogP) is 2.32. The molecule has 0 saturated carbocycles. The Morgan fingerprint density at radius 2 is 2.35 bits per heavy atom. The highest BCUT2D eigenvalue weighted by atomic mass is 79.9. The fourth-order valence-corrected chi connectivity index (χ4v) is 3.60. The van der Waals surface area contributed by atoms with Crippen LogP contribution in [0.1, 0.15) is 18.4 Å². The van der Waals surface area contributed by atoms with Crippen LogP contribution >= 0.6 is 15.9 Å². The summed E-state index contributed by atoms with van der Waals surface area (Å²) in [5.74, 6) is -0.223. The molecule has 2 fully saturated rings. The van der Waals surface area contributed by atoms with Gasteiger partial charge in [-0.2, -0.15) is 0 Å². The first-order valence-electron chi connectivity index (χ1n) is 7.18. The van der Waals surface area contributed by atoms with E-state index in [0.717, 1.165) is 29.7 Å². The van der Waals surface area contributed by atoms with Gasteiger partial charge in [-0.1, -0.05) is 15.9 Å². The highest BCUT2D eigenvalue weighted by molar-refractivity contribution is 9.10. The molecule has 2 aliphatic rings. The van der Waals surface area contributed by atoms with Crippen molar-refractivity contribution in [3.8, 4) is 0 Å². The summed E-state index contributed by atoms with van der Waals surface area (Å²) in [4.78, 5) is 2.48. The summed E-state index contributed by atoms with van der Waals surface area (Å²) < 4.78 is 20.1. The van der Waals surface area contributed by atoms with Gasteiger partial charge in [0.25, 0.3) is 0 Å². The Balaban J connectivity index is 1.64. The van der Waals surface area contributed by atoms with E-state index in [-0.39, 0.29) is 18.0 Å². The van der Waals surface area contributed by atoms with Crippen LogP contribution in [0.4, 0.5) is 4.39 Å². The average Bonchev–Trinajstić information content (AvgIpc) is 2.90. The molecule has 3 rings (SSSR count). The van der Waals surface area contributed by atoms with Gasteiger partial charge in [-0.05, 0) is 49.6 Å². The molecule has 0 spiro atoms. The number of ether oxygens (including phenoxy) is 1. The molecule has 1 aromatic rings. The van der Waals surface area contributed by atoms with Gasteiger partial charge in [0, 0.05) is 23.1 Å². The molecule has 3 atom stereocenters. The minimum absolute atomic E-state index is 0.0412. The van der Waals surface area contributed by atoms with Crippen molar-refractivity contribution in [2.45, 2.75) is 37.5 Å². The molecule has 3 unspecified atom stereocenters. The Hall–Kier alpha value is -0.490. The van der Waals surface area contributed by atoms with Gasteiger partial charge in [0.2, 0.25) is 0 Å². The fourth-order valence-electron chi connectivity index (χ4n) is 3.19. The summed E-state index contributed by atoms with van der Waals surface area (Å²) >= 11 is 3.45. The third-order valence-corrected chi connectivity index (χ3v) is 5.13. The van der Waals surface area contributed by atoms with Crippen LogP contribution in [0.15, 0.2) is 22.7 Å². The van der Waals surface area contributed by atoms with Crippen LogP contribution in [0.5, 0.6) is 0 Å². The van der Waals surface area contributed by atoms with E-state index >= 15 is 0 Å². The van der Waals surface area contributed by atoms with E-state index in [1.165, 1.54) is 18.9 Å². The molecule has 0 amide bonds. The zero-order chi connectivity index (χ0) is 14.1. The molecule has 0 aliphatic carbocycles. The SMILES string of the molecule is NC(Cc1cc(F)ccc1Br)C1CN2CCCC2CO1. The molecular formula is C15H20BrFN2O. The lowest BCUT2D eigenvalue weighted by molar-refractivity contribution is -0.0589. The summed E-state index contributed by atoms with van der Waals surface area (Å²) in [6.45, 7) is 2.84. The molecule has 2 N–H and O–H groups in total. The number of halogens is 2. The second-order valence-corrected chi connectivity index (χ2v) is 6.62. The lowest BCUT2D eigenvalue weighted by Gasteiger charge is -2.37. The third kappa shape index (κ3) is 3.06. The van der Waals surface area contributed by atoms with E-state index in [1.54, 1.807) is 12.1 Å². The average molecular weight is 343 g/mol. The van der Waals surface area contributed by atoms with Gasteiger partial charge in [0.15, 0.2) is 0 Å². The zero-order valence-corrected chi connectivity index (χ0v) is 13.0. The van der Waals surface area contributed by atoms with Gasteiger partial charge in [-0.25, -0.2) is 4.39 Å². The molecular weight excluding hydrogens is 323 g/mol. The topological polar surface area (TPSA) is 38.5 Å². The highest BCUT2D eigenvalue weighted by Crippen LogP contribution is 2.25. The number of hydrogen-bond acceptors (Lipinski definition) is 3. The van der Waals surface area contributed by atoms with Crippen molar-refractivity contribution in [3.05, 3.63) is 34.1 Å². The van der Waals surface area contributed by atoms with Gasteiger partial charge < -0.3 is 10.5 Å². The van der Waals surface area contributed by atoms with Crippen LogP contribution in [0, 0.1) is 5.82 Å². The summed E-state index contributed by atoms with van der Waals surface area (Å²) in [5, 5.41) is 0. The number of fused-ring (bicyclic) bond motifs is 1. The minimum Gasteiger partial charge on any atom is -0.374 e. The number of nitrogens with two attached hydrogens (primary N) is 1. The maximum Gasteiger partial charge on any atom is 0.123 e. The number of morpholine rings is 1. The first-order valence-corrected chi connectivity index (χ1v) is 7.98. The van der Waals surface area contributed by atoms with E-state index in [9.17, 15) is 4.39 Å². The third-order valence-electron chi connectivity index (χ3n) is 4.36. The standard InChI is InChI=1S/C15H20BrFN2O/c16-13-4-3-11(17)6-10(13)7-14(18)15-8-19-5-1-2-12(19)9-20-15/h3-4,6,12,14-15H,1-2,5,7-9,18H2. The summed E-state index contributed by atoms with van der Waals surface area (Å²) in [6, 6.07) is 5.21. The summed E-state index contributed by atoms with van der Waals surface area (Å²) in [6.07, 6.45) is 3.16. The van der Waals surface area contributed by atoms with Crippen LogP contribution < -0.4 is 5.73 Å². The molecule has 2 aliphatic heterocycles. The second-order valence-electron chi connectivity index (χ2n) is 5.77. The zero-order valence-electron chi connectivity index (χ0n) is 11.4. The molecule has 0 aromatic heterocycles. The molecule has 0 radical (unpaired) electrons. The van der Waals surface area contributed by atoms with Gasteiger partial charge in [-0.3, -0.25) is 4.90 Å². The molecule has 2 heterocycles. The van der Waals surface area contributed by atoms with E-state index < -0.39 is 0 Å². The van der Waals surface area contributed by atoms with E-state index in [0.29, 0.717) is 12.5 Å². The highest BCUT2D eigenvalue weighted by Gasteiger charge is 2.34. The number of nitrogens with zero attached hydrogens (tertiary/aromatic N) is 1. The van der Waals surface area contributed by atoms with Gasteiger partial charge in [0.05, 0.1) is 12.7 Å². The predicted molar refractivity (Wildman–Crippen MR) is 80.1 cm³/mol. The monoisotopic (exact) mass is 342 g/mol. The lowest BCUT2D eigenvalue weighted by Crippen LogP contribution is -2.53. The molecule has 5 heteroatoms. The smallest absolute Gasteiger partial charge is 0.123 e. The van der Waals surface area contributed by atoms with Crippen LogP contribution in [0.3, 0.4) is 0 Å². The van der Waals surface area contributed by atoms with Crippen molar-refractivity contribution in [2.75, 3.05) is 19.7 Å². The largest absolute Gasteiger partial charge is 0.374 e. The quantitative estimate of drug-likeness (QED) is 0.916. The summed E-state index contributed by atoms with van der Waals surface area (Å²) in [7, 11) is 0. The Kier molecular flexibility index (Phi) is 4.40.